The van der Waals surface area contributed by atoms with Crippen LogP contribution in [0.4, 0.5) is 0 Å². The molecular formula is C21H24Cl2N2O4S. The van der Waals surface area contributed by atoms with Crippen LogP contribution in [0.3, 0.4) is 0 Å². The first-order chi connectivity index (χ1) is 14.1. The van der Waals surface area contributed by atoms with Gasteiger partial charge < -0.3 is 10.1 Å². The second-order valence-electron chi connectivity index (χ2n) is 7.47. The first-order valence-electron chi connectivity index (χ1n) is 9.59. The second kappa shape index (κ2) is 9.24. The zero-order valence-corrected chi connectivity index (χ0v) is 19.3. The van der Waals surface area contributed by atoms with Crippen molar-refractivity contribution in [2.75, 3.05) is 13.1 Å². The van der Waals surface area contributed by atoms with Crippen molar-refractivity contribution in [1.82, 2.24) is 9.62 Å². The second-order valence-corrected chi connectivity index (χ2v) is 10.2. The minimum Gasteiger partial charge on any atom is -0.373 e. The summed E-state index contributed by atoms with van der Waals surface area (Å²) >= 11 is 12.2. The lowest BCUT2D eigenvalue weighted by Gasteiger charge is -2.34. The van der Waals surface area contributed by atoms with Crippen molar-refractivity contribution in [3.05, 3.63) is 63.6 Å². The molecule has 0 saturated carbocycles. The number of nitrogens with one attached hydrogen (secondary N) is 1. The van der Waals surface area contributed by atoms with E-state index in [1.807, 2.05) is 26.8 Å². The fourth-order valence-corrected chi connectivity index (χ4v) is 5.74. The molecule has 1 heterocycles. The van der Waals surface area contributed by atoms with Crippen LogP contribution in [0.25, 0.3) is 0 Å². The maximum atomic E-state index is 13.2. The van der Waals surface area contributed by atoms with Crippen molar-refractivity contribution in [3.8, 4) is 0 Å². The predicted molar refractivity (Wildman–Crippen MR) is 118 cm³/mol. The van der Waals surface area contributed by atoms with Crippen LogP contribution in [0.2, 0.25) is 10.0 Å². The summed E-state index contributed by atoms with van der Waals surface area (Å²) in [6.45, 7) is 5.92. The van der Waals surface area contributed by atoms with Gasteiger partial charge >= 0.3 is 0 Å². The van der Waals surface area contributed by atoms with E-state index in [4.69, 9.17) is 27.9 Å². The van der Waals surface area contributed by atoms with Gasteiger partial charge in [-0.1, -0.05) is 35.3 Å². The van der Waals surface area contributed by atoms with E-state index in [0.29, 0.717) is 5.02 Å². The number of morpholine rings is 1. The van der Waals surface area contributed by atoms with Gasteiger partial charge in [-0.3, -0.25) is 4.79 Å². The largest absolute Gasteiger partial charge is 0.373 e. The van der Waals surface area contributed by atoms with Crippen molar-refractivity contribution in [1.29, 1.82) is 0 Å². The molecule has 0 aromatic heterocycles. The summed E-state index contributed by atoms with van der Waals surface area (Å²) in [5.41, 5.74) is 1.05. The molecule has 1 amide bonds. The van der Waals surface area contributed by atoms with E-state index in [1.165, 1.54) is 22.5 Å². The summed E-state index contributed by atoms with van der Waals surface area (Å²) in [5, 5.41) is 3.50. The minimum atomic E-state index is -3.88. The molecule has 2 aromatic carbocycles. The molecule has 1 fully saturated rings. The van der Waals surface area contributed by atoms with Gasteiger partial charge in [-0.15, -0.1) is 0 Å². The van der Waals surface area contributed by atoms with Gasteiger partial charge in [0.15, 0.2) is 0 Å². The van der Waals surface area contributed by atoms with E-state index < -0.39 is 15.9 Å². The van der Waals surface area contributed by atoms with Crippen LogP contribution < -0.4 is 5.32 Å². The Morgan fingerprint density at radius 1 is 1.13 bits per heavy atom. The summed E-state index contributed by atoms with van der Waals surface area (Å²) in [4.78, 5) is 12.7. The van der Waals surface area contributed by atoms with E-state index in [0.717, 1.165) is 5.56 Å². The average molecular weight is 471 g/mol. The third-order valence-electron chi connectivity index (χ3n) is 4.89. The first-order valence-corrected chi connectivity index (χ1v) is 11.8. The summed E-state index contributed by atoms with van der Waals surface area (Å²) in [7, 11) is -3.88. The molecule has 2 aromatic rings. The highest BCUT2D eigenvalue weighted by Crippen LogP contribution is 2.28. The van der Waals surface area contributed by atoms with Crippen molar-refractivity contribution in [2.24, 2.45) is 0 Å². The molecule has 0 bridgehead atoms. The van der Waals surface area contributed by atoms with Crippen molar-refractivity contribution in [3.63, 3.8) is 0 Å². The lowest BCUT2D eigenvalue weighted by Crippen LogP contribution is -2.48. The number of hydrogen-bond acceptors (Lipinski definition) is 4. The van der Waals surface area contributed by atoms with Gasteiger partial charge in [-0.25, -0.2) is 8.42 Å². The molecule has 0 spiro atoms. The Bertz CT molecular complexity index is 1040. The molecule has 0 unspecified atom stereocenters. The van der Waals surface area contributed by atoms with Gasteiger partial charge in [0.25, 0.3) is 5.91 Å². The number of sulfonamides is 1. The summed E-state index contributed by atoms with van der Waals surface area (Å²) in [5.74, 6) is -0.403. The molecule has 30 heavy (non-hydrogen) atoms. The van der Waals surface area contributed by atoms with E-state index in [2.05, 4.69) is 5.32 Å². The van der Waals surface area contributed by atoms with Gasteiger partial charge in [-0.2, -0.15) is 4.31 Å². The maximum Gasteiger partial charge on any atom is 0.251 e. The molecule has 1 aliphatic heterocycles. The Hall–Kier alpha value is -1.64. The zero-order chi connectivity index (χ0) is 22.1. The van der Waals surface area contributed by atoms with Crippen LogP contribution in [0.15, 0.2) is 47.4 Å². The number of ether oxygens (including phenoxy) is 1. The highest BCUT2D eigenvalue weighted by Gasteiger charge is 2.34. The van der Waals surface area contributed by atoms with Crippen LogP contribution in [0, 0.1) is 0 Å². The van der Waals surface area contributed by atoms with Crippen molar-refractivity contribution >= 4 is 39.1 Å². The molecular weight excluding hydrogens is 447 g/mol. The molecule has 1 aliphatic rings. The molecule has 0 aliphatic carbocycles. The van der Waals surface area contributed by atoms with Crippen LogP contribution in [-0.4, -0.2) is 43.9 Å². The van der Waals surface area contributed by atoms with E-state index in [9.17, 15) is 13.2 Å². The SMILES string of the molecule is C[C@@H]1CN(S(=O)(=O)c2cc(C(=O)N[C@@H](C)c3cccc(Cl)c3)ccc2Cl)C[C@H](C)O1. The number of rotatable bonds is 5. The number of hydrogen-bond donors (Lipinski definition) is 1. The molecule has 3 atom stereocenters. The quantitative estimate of drug-likeness (QED) is 0.707. The van der Waals surface area contributed by atoms with Crippen LogP contribution in [0.1, 0.15) is 42.7 Å². The summed E-state index contributed by atoms with van der Waals surface area (Å²) < 4.78 is 33.4. The fraction of sp³-hybridized carbons (Fsp3) is 0.381. The third kappa shape index (κ3) is 5.15. The summed E-state index contributed by atoms with van der Waals surface area (Å²) in [6, 6.07) is 11.1. The standard InChI is InChI=1S/C21H24Cl2N2O4S/c1-13-11-25(12-14(2)29-13)30(27,28)20-10-17(7-8-19(20)23)21(26)24-15(3)16-5-4-6-18(22)9-16/h4-10,13-15H,11-12H2,1-3H3,(H,24,26)/t13-,14+,15-/m0/s1. The van der Waals surface area contributed by atoms with E-state index in [-0.39, 0.29) is 46.8 Å². The van der Waals surface area contributed by atoms with Crippen LogP contribution in [0.5, 0.6) is 0 Å². The monoisotopic (exact) mass is 470 g/mol. The number of carbonyl (C=O) groups is 1. The Labute approximate surface area is 187 Å². The van der Waals surface area contributed by atoms with Crippen LogP contribution in [-0.2, 0) is 14.8 Å². The third-order valence-corrected chi connectivity index (χ3v) is 7.44. The lowest BCUT2D eigenvalue weighted by atomic mass is 10.1. The van der Waals surface area contributed by atoms with Crippen LogP contribution >= 0.6 is 23.2 Å². The Kier molecular flexibility index (Phi) is 7.09. The molecule has 1 N–H and O–H groups in total. The number of halogens is 2. The Balaban J connectivity index is 1.84. The fourth-order valence-electron chi connectivity index (χ4n) is 3.45. The van der Waals surface area contributed by atoms with E-state index in [1.54, 1.807) is 18.2 Å². The smallest absolute Gasteiger partial charge is 0.251 e. The molecule has 162 valence electrons. The van der Waals surface area contributed by atoms with E-state index >= 15 is 0 Å². The first kappa shape index (κ1) is 23.0. The van der Waals surface area contributed by atoms with Crippen molar-refractivity contribution in [2.45, 2.75) is 43.9 Å². The highest BCUT2D eigenvalue weighted by atomic mass is 35.5. The van der Waals surface area contributed by atoms with Crippen molar-refractivity contribution < 1.29 is 17.9 Å². The zero-order valence-electron chi connectivity index (χ0n) is 16.9. The molecule has 9 heteroatoms. The maximum absolute atomic E-state index is 13.2. The normalized spacial score (nSPS) is 21.2. The Morgan fingerprint density at radius 2 is 1.80 bits per heavy atom. The number of benzene rings is 2. The molecule has 1 saturated heterocycles. The summed E-state index contributed by atoms with van der Waals surface area (Å²) in [6.07, 6.45) is -0.459. The number of carbonyl (C=O) groups excluding carboxylic acids is 1. The Morgan fingerprint density at radius 3 is 2.43 bits per heavy atom. The molecule has 3 rings (SSSR count). The average Bonchev–Trinajstić information content (AvgIpc) is 2.67. The van der Waals surface area contributed by atoms with Gasteiger partial charge in [0.05, 0.1) is 23.3 Å². The highest BCUT2D eigenvalue weighted by molar-refractivity contribution is 7.89. The molecule has 0 radical (unpaired) electrons. The van der Waals surface area contributed by atoms with Gasteiger partial charge in [0, 0.05) is 23.7 Å². The predicted octanol–water partition coefficient (Wildman–Crippen LogP) is 4.28. The van der Waals surface area contributed by atoms with Gasteiger partial charge in [-0.05, 0) is 56.7 Å². The van der Waals surface area contributed by atoms with Gasteiger partial charge in [0.2, 0.25) is 10.0 Å². The molecule has 6 nitrogen and oxygen atoms in total. The topological polar surface area (TPSA) is 75.7 Å². The lowest BCUT2D eigenvalue weighted by molar-refractivity contribution is -0.0440. The number of amides is 1. The minimum absolute atomic E-state index is 0.0706. The van der Waals surface area contributed by atoms with Gasteiger partial charge in [0.1, 0.15) is 4.90 Å². The number of nitrogens with zero attached hydrogens (tertiary/aromatic N) is 1.